The fraction of sp³-hybridized carbons (Fsp3) is 0.125. The number of rotatable bonds is 5. The van der Waals surface area contributed by atoms with Crippen LogP contribution < -0.4 is 5.32 Å². The van der Waals surface area contributed by atoms with Gasteiger partial charge in [-0.1, -0.05) is 6.07 Å². The van der Waals surface area contributed by atoms with E-state index in [1.54, 1.807) is 26.2 Å². The van der Waals surface area contributed by atoms with Gasteiger partial charge in [0.05, 0.1) is 15.9 Å². The molecule has 2 amide bonds. The minimum atomic E-state index is -0.867. The summed E-state index contributed by atoms with van der Waals surface area (Å²) in [6, 6.07) is 8.80. The maximum atomic E-state index is 12.4. The molecule has 0 spiro atoms. The minimum Gasteiger partial charge on any atom is -0.345 e. The van der Waals surface area contributed by atoms with Crippen molar-refractivity contribution in [3.8, 4) is 0 Å². The van der Waals surface area contributed by atoms with Gasteiger partial charge in [-0.05, 0) is 24.3 Å². The number of carbonyl (C=O) groups is 2. The molecule has 0 aromatic heterocycles. The number of nitro benzene ring substituents is 2. The number of hydrogen-bond donors (Lipinski definition) is 1. The zero-order valence-electron chi connectivity index (χ0n) is 13.8. The summed E-state index contributed by atoms with van der Waals surface area (Å²) in [5.41, 5.74) is -0.921. The summed E-state index contributed by atoms with van der Waals surface area (Å²) in [7, 11) is 3.15. The van der Waals surface area contributed by atoms with Crippen LogP contribution in [0.4, 0.5) is 17.1 Å². The fourth-order valence-corrected chi connectivity index (χ4v) is 2.16. The molecular formula is C16H14N4O6. The summed E-state index contributed by atoms with van der Waals surface area (Å²) in [5, 5.41) is 24.3. The van der Waals surface area contributed by atoms with Gasteiger partial charge in [0, 0.05) is 31.4 Å². The highest BCUT2D eigenvalue weighted by Crippen LogP contribution is 2.25. The molecule has 0 heterocycles. The van der Waals surface area contributed by atoms with Gasteiger partial charge in [-0.15, -0.1) is 0 Å². The Morgan fingerprint density at radius 1 is 1.00 bits per heavy atom. The Hall–Kier alpha value is -3.82. The standard InChI is InChI=1S/C16H14N4O6/c1-18(2)16(22)10-4-3-5-11(8-10)17-15(21)13-7-6-12(19(23)24)9-14(13)20(25)26/h3-9H,1-2H3,(H,17,21). The normalized spacial score (nSPS) is 10.1. The van der Waals surface area contributed by atoms with E-state index in [2.05, 4.69) is 5.32 Å². The van der Waals surface area contributed by atoms with Gasteiger partial charge < -0.3 is 10.2 Å². The summed E-state index contributed by atoms with van der Waals surface area (Å²) in [6.07, 6.45) is 0. The van der Waals surface area contributed by atoms with Gasteiger partial charge in [-0.3, -0.25) is 29.8 Å². The molecule has 1 N–H and O–H groups in total. The van der Waals surface area contributed by atoms with Gasteiger partial charge >= 0.3 is 0 Å². The van der Waals surface area contributed by atoms with Crippen LogP contribution in [0.25, 0.3) is 0 Å². The van der Waals surface area contributed by atoms with Gasteiger partial charge in [-0.25, -0.2) is 0 Å². The van der Waals surface area contributed by atoms with Crippen LogP contribution in [0.3, 0.4) is 0 Å². The molecule has 2 rings (SSSR count). The smallest absolute Gasteiger partial charge is 0.289 e. The molecule has 0 aliphatic heterocycles. The summed E-state index contributed by atoms with van der Waals surface area (Å²) in [5.74, 6) is -1.09. The lowest BCUT2D eigenvalue weighted by atomic mass is 10.1. The van der Waals surface area contributed by atoms with Crippen molar-refractivity contribution in [2.75, 3.05) is 19.4 Å². The number of nitrogens with one attached hydrogen (secondary N) is 1. The zero-order valence-corrected chi connectivity index (χ0v) is 13.8. The van der Waals surface area contributed by atoms with E-state index in [0.29, 0.717) is 5.56 Å². The summed E-state index contributed by atoms with van der Waals surface area (Å²) in [4.78, 5) is 45.9. The molecular weight excluding hydrogens is 344 g/mol. The number of anilines is 1. The van der Waals surface area contributed by atoms with Crippen LogP contribution in [0.2, 0.25) is 0 Å². The second-order valence-corrected chi connectivity index (χ2v) is 5.45. The maximum Gasteiger partial charge on any atom is 0.289 e. The number of amides is 2. The Labute approximate surface area is 147 Å². The average molecular weight is 358 g/mol. The van der Waals surface area contributed by atoms with E-state index >= 15 is 0 Å². The van der Waals surface area contributed by atoms with E-state index in [4.69, 9.17) is 0 Å². The number of nitrogens with zero attached hydrogens (tertiary/aromatic N) is 3. The Kier molecular flexibility index (Phi) is 5.26. The number of non-ortho nitro benzene ring substituents is 1. The SMILES string of the molecule is CN(C)C(=O)c1cccc(NC(=O)c2ccc([N+](=O)[O-])cc2[N+](=O)[O-])c1. The molecule has 10 heteroatoms. The first-order valence-electron chi connectivity index (χ1n) is 7.26. The molecule has 0 fully saturated rings. The number of hydrogen-bond acceptors (Lipinski definition) is 6. The predicted molar refractivity (Wildman–Crippen MR) is 92.2 cm³/mol. The topological polar surface area (TPSA) is 136 Å². The third-order valence-corrected chi connectivity index (χ3v) is 3.41. The van der Waals surface area contributed by atoms with Gasteiger partial charge in [0.15, 0.2) is 0 Å². The summed E-state index contributed by atoms with van der Waals surface area (Å²) in [6.45, 7) is 0. The monoisotopic (exact) mass is 358 g/mol. The third kappa shape index (κ3) is 3.98. The van der Waals surface area contributed by atoms with E-state index < -0.39 is 27.1 Å². The van der Waals surface area contributed by atoms with Crippen LogP contribution in [0.1, 0.15) is 20.7 Å². The lowest BCUT2D eigenvalue weighted by molar-refractivity contribution is -0.394. The summed E-state index contributed by atoms with van der Waals surface area (Å²) >= 11 is 0. The first-order valence-corrected chi connectivity index (χ1v) is 7.26. The number of carbonyl (C=O) groups excluding carboxylic acids is 2. The molecule has 10 nitrogen and oxygen atoms in total. The van der Waals surface area contributed by atoms with Crippen molar-refractivity contribution in [2.24, 2.45) is 0 Å². The Morgan fingerprint density at radius 2 is 1.69 bits per heavy atom. The molecule has 0 saturated heterocycles. The second kappa shape index (κ2) is 7.38. The Bertz CT molecular complexity index is 909. The van der Waals surface area contributed by atoms with Gasteiger partial charge in [0.25, 0.3) is 23.2 Å². The van der Waals surface area contributed by atoms with Crippen LogP contribution in [-0.2, 0) is 0 Å². The van der Waals surface area contributed by atoms with E-state index in [1.807, 2.05) is 0 Å². The van der Waals surface area contributed by atoms with E-state index in [1.165, 1.54) is 17.0 Å². The van der Waals surface area contributed by atoms with Crippen molar-refractivity contribution in [2.45, 2.75) is 0 Å². The molecule has 0 atom stereocenters. The maximum absolute atomic E-state index is 12.4. The highest BCUT2D eigenvalue weighted by Gasteiger charge is 2.24. The summed E-state index contributed by atoms with van der Waals surface area (Å²) < 4.78 is 0. The van der Waals surface area contributed by atoms with E-state index in [9.17, 15) is 29.8 Å². The van der Waals surface area contributed by atoms with Crippen molar-refractivity contribution in [1.29, 1.82) is 0 Å². The molecule has 134 valence electrons. The highest BCUT2D eigenvalue weighted by molar-refractivity contribution is 6.07. The molecule has 0 bridgehead atoms. The van der Waals surface area contributed by atoms with Gasteiger partial charge in [0.2, 0.25) is 0 Å². The lowest BCUT2D eigenvalue weighted by Crippen LogP contribution is -2.22. The Balaban J connectivity index is 2.33. The van der Waals surface area contributed by atoms with Crippen molar-refractivity contribution < 1.29 is 19.4 Å². The van der Waals surface area contributed by atoms with E-state index in [-0.39, 0.29) is 17.2 Å². The lowest BCUT2D eigenvalue weighted by Gasteiger charge is -2.11. The fourth-order valence-electron chi connectivity index (χ4n) is 2.16. The zero-order chi connectivity index (χ0) is 19.4. The molecule has 0 radical (unpaired) electrons. The van der Waals surface area contributed by atoms with Crippen molar-refractivity contribution in [3.63, 3.8) is 0 Å². The molecule has 0 aliphatic carbocycles. The highest BCUT2D eigenvalue weighted by atomic mass is 16.6. The van der Waals surface area contributed by atoms with Gasteiger partial charge in [0.1, 0.15) is 5.56 Å². The first-order chi connectivity index (χ1) is 12.2. The van der Waals surface area contributed by atoms with Gasteiger partial charge in [-0.2, -0.15) is 0 Å². The first kappa shape index (κ1) is 18.5. The predicted octanol–water partition coefficient (Wildman–Crippen LogP) is 2.46. The average Bonchev–Trinajstić information content (AvgIpc) is 2.60. The minimum absolute atomic E-state index is 0.260. The van der Waals surface area contributed by atoms with Crippen molar-refractivity contribution in [3.05, 3.63) is 73.8 Å². The van der Waals surface area contributed by atoms with Crippen molar-refractivity contribution >= 4 is 28.9 Å². The number of nitro groups is 2. The second-order valence-electron chi connectivity index (χ2n) is 5.45. The third-order valence-electron chi connectivity index (χ3n) is 3.41. The molecule has 2 aromatic rings. The van der Waals surface area contributed by atoms with Crippen LogP contribution in [0.5, 0.6) is 0 Å². The van der Waals surface area contributed by atoms with Crippen LogP contribution in [0, 0.1) is 20.2 Å². The molecule has 26 heavy (non-hydrogen) atoms. The van der Waals surface area contributed by atoms with E-state index in [0.717, 1.165) is 18.2 Å². The van der Waals surface area contributed by atoms with Crippen LogP contribution >= 0.6 is 0 Å². The molecule has 0 saturated carbocycles. The quantitative estimate of drug-likeness (QED) is 0.644. The molecule has 2 aromatic carbocycles. The number of benzene rings is 2. The van der Waals surface area contributed by atoms with Crippen LogP contribution in [0.15, 0.2) is 42.5 Å². The molecule has 0 unspecified atom stereocenters. The van der Waals surface area contributed by atoms with Crippen LogP contribution in [-0.4, -0.2) is 40.7 Å². The Morgan fingerprint density at radius 3 is 2.27 bits per heavy atom. The molecule has 0 aliphatic rings. The van der Waals surface area contributed by atoms with Crippen molar-refractivity contribution in [1.82, 2.24) is 4.90 Å². The largest absolute Gasteiger partial charge is 0.345 e.